The predicted octanol–water partition coefficient (Wildman–Crippen LogP) is 3.00. The van der Waals surface area contributed by atoms with Crippen LogP contribution in [0, 0.1) is 0 Å². The van der Waals surface area contributed by atoms with E-state index in [1.165, 1.54) is 7.11 Å². The van der Waals surface area contributed by atoms with Crippen molar-refractivity contribution >= 4 is 17.2 Å². The highest BCUT2D eigenvalue weighted by Crippen LogP contribution is 2.23. The maximum absolute atomic E-state index is 12.5. The molecule has 0 bridgehead atoms. The van der Waals surface area contributed by atoms with Crippen LogP contribution in [0.5, 0.6) is 5.88 Å². The molecule has 0 aliphatic heterocycles. The topological polar surface area (TPSA) is 73.5 Å². The van der Waals surface area contributed by atoms with Crippen LogP contribution in [-0.2, 0) is 7.05 Å². The molecule has 3 aromatic heterocycles. The summed E-state index contributed by atoms with van der Waals surface area (Å²) in [7, 11) is 3.23. The zero-order valence-electron chi connectivity index (χ0n) is 14.4. The minimum absolute atomic E-state index is 0.276. The summed E-state index contributed by atoms with van der Waals surface area (Å²) in [6.45, 7) is 0. The molecule has 7 nitrogen and oxygen atoms in total. The van der Waals surface area contributed by atoms with Crippen LogP contribution >= 0.6 is 0 Å². The van der Waals surface area contributed by atoms with Crippen LogP contribution in [0.1, 0.15) is 10.4 Å². The number of anilines is 1. The first-order chi connectivity index (χ1) is 12.6. The average molecular weight is 347 g/mol. The first-order valence-electron chi connectivity index (χ1n) is 8.07. The van der Waals surface area contributed by atoms with Crippen LogP contribution in [0.4, 0.5) is 5.69 Å². The van der Waals surface area contributed by atoms with E-state index in [2.05, 4.69) is 15.4 Å². The molecular formula is C19H17N5O2. The Hall–Kier alpha value is -3.61. The fourth-order valence-electron chi connectivity index (χ4n) is 2.80. The molecular weight excluding hydrogens is 330 g/mol. The number of nitrogens with one attached hydrogen (secondary N) is 1. The lowest BCUT2D eigenvalue weighted by Gasteiger charge is -2.06. The van der Waals surface area contributed by atoms with Crippen molar-refractivity contribution < 1.29 is 9.53 Å². The van der Waals surface area contributed by atoms with E-state index < -0.39 is 0 Å². The second-order valence-electron chi connectivity index (χ2n) is 5.85. The summed E-state index contributed by atoms with van der Waals surface area (Å²) >= 11 is 0. The summed E-state index contributed by atoms with van der Waals surface area (Å²) in [5.74, 6) is 0.0172. The number of carbonyl (C=O) groups excluding carboxylic acids is 1. The molecule has 0 aliphatic carbocycles. The maximum Gasteiger partial charge on any atom is 0.262 e. The van der Waals surface area contributed by atoms with Crippen LogP contribution < -0.4 is 10.1 Å². The van der Waals surface area contributed by atoms with E-state index in [1.54, 1.807) is 17.9 Å². The Labute approximate surface area is 149 Å². The Morgan fingerprint density at radius 1 is 1.15 bits per heavy atom. The fraction of sp³-hybridized carbons (Fsp3) is 0.105. The van der Waals surface area contributed by atoms with Gasteiger partial charge in [-0.15, -0.1) is 5.10 Å². The SMILES string of the molecule is COc1nn(C)cc1C(=O)Nc1cccc(-c2cn3ccccc3n2)c1. The summed E-state index contributed by atoms with van der Waals surface area (Å²) in [6, 6.07) is 13.4. The molecule has 130 valence electrons. The van der Waals surface area contributed by atoms with Gasteiger partial charge in [0, 0.05) is 36.9 Å². The van der Waals surface area contributed by atoms with Gasteiger partial charge in [0.1, 0.15) is 11.2 Å². The number of hydrogen-bond donors (Lipinski definition) is 1. The molecule has 0 spiro atoms. The molecule has 0 unspecified atom stereocenters. The molecule has 1 N–H and O–H groups in total. The number of fused-ring (bicyclic) bond motifs is 1. The maximum atomic E-state index is 12.5. The van der Waals surface area contributed by atoms with Crippen LogP contribution in [0.25, 0.3) is 16.9 Å². The van der Waals surface area contributed by atoms with Gasteiger partial charge >= 0.3 is 0 Å². The van der Waals surface area contributed by atoms with Gasteiger partial charge in [-0.05, 0) is 24.3 Å². The van der Waals surface area contributed by atoms with Gasteiger partial charge in [-0.1, -0.05) is 18.2 Å². The number of amides is 1. The Bertz CT molecular complexity index is 1060. The van der Waals surface area contributed by atoms with Gasteiger partial charge in [0.2, 0.25) is 5.88 Å². The van der Waals surface area contributed by atoms with E-state index in [9.17, 15) is 4.79 Å². The molecule has 0 atom stereocenters. The average Bonchev–Trinajstić information content (AvgIpc) is 3.25. The molecule has 4 rings (SSSR count). The number of ether oxygens (including phenoxy) is 1. The largest absolute Gasteiger partial charge is 0.479 e. The molecule has 4 aromatic rings. The monoisotopic (exact) mass is 347 g/mol. The van der Waals surface area contributed by atoms with Gasteiger partial charge in [0.25, 0.3) is 5.91 Å². The minimum Gasteiger partial charge on any atom is -0.479 e. The van der Waals surface area contributed by atoms with Crippen molar-refractivity contribution in [3.05, 3.63) is 66.6 Å². The van der Waals surface area contributed by atoms with E-state index in [4.69, 9.17) is 4.74 Å². The molecule has 0 saturated heterocycles. The minimum atomic E-state index is -0.276. The number of methoxy groups -OCH3 is 1. The molecule has 0 saturated carbocycles. The molecule has 1 amide bonds. The molecule has 3 heterocycles. The number of carbonyl (C=O) groups is 1. The number of pyridine rings is 1. The lowest BCUT2D eigenvalue weighted by molar-refractivity contribution is 0.102. The van der Waals surface area contributed by atoms with Gasteiger partial charge in [-0.2, -0.15) is 0 Å². The van der Waals surface area contributed by atoms with Crippen molar-refractivity contribution in [1.29, 1.82) is 0 Å². The highest BCUT2D eigenvalue weighted by molar-refractivity contribution is 6.06. The number of rotatable bonds is 4. The molecule has 26 heavy (non-hydrogen) atoms. The Balaban J connectivity index is 1.62. The molecule has 0 fully saturated rings. The number of nitrogens with zero attached hydrogens (tertiary/aromatic N) is 4. The highest BCUT2D eigenvalue weighted by atomic mass is 16.5. The van der Waals surface area contributed by atoms with Crippen molar-refractivity contribution in [3.8, 4) is 17.1 Å². The van der Waals surface area contributed by atoms with Crippen LogP contribution in [0.2, 0.25) is 0 Å². The molecule has 7 heteroatoms. The summed E-state index contributed by atoms with van der Waals surface area (Å²) in [5, 5.41) is 6.99. The molecule has 0 aliphatic rings. The van der Waals surface area contributed by atoms with Gasteiger partial charge in [0.15, 0.2) is 0 Å². The van der Waals surface area contributed by atoms with Gasteiger partial charge < -0.3 is 14.5 Å². The van der Waals surface area contributed by atoms with Gasteiger partial charge in [0.05, 0.1) is 12.8 Å². The zero-order valence-corrected chi connectivity index (χ0v) is 14.4. The van der Waals surface area contributed by atoms with Crippen molar-refractivity contribution in [2.24, 2.45) is 7.05 Å². The second-order valence-corrected chi connectivity index (χ2v) is 5.85. The third-order valence-electron chi connectivity index (χ3n) is 4.01. The van der Waals surface area contributed by atoms with E-state index in [0.717, 1.165) is 16.9 Å². The summed E-state index contributed by atoms with van der Waals surface area (Å²) in [4.78, 5) is 17.1. The van der Waals surface area contributed by atoms with Crippen molar-refractivity contribution in [2.45, 2.75) is 0 Å². The summed E-state index contributed by atoms with van der Waals surface area (Å²) in [5.41, 5.74) is 3.69. The van der Waals surface area contributed by atoms with Gasteiger partial charge in [-0.25, -0.2) is 4.98 Å². The fourth-order valence-corrected chi connectivity index (χ4v) is 2.80. The number of hydrogen-bond acceptors (Lipinski definition) is 4. The Morgan fingerprint density at radius 3 is 2.85 bits per heavy atom. The van der Waals surface area contributed by atoms with Crippen molar-refractivity contribution in [1.82, 2.24) is 19.2 Å². The van der Waals surface area contributed by atoms with E-state index >= 15 is 0 Å². The third-order valence-corrected chi connectivity index (χ3v) is 4.01. The lowest BCUT2D eigenvalue weighted by Crippen LogP contribution is -2.12. The number of aromatic nitrogens is 4. The number of aryl methyl sites for hydroxylation is 1. The second kappa shape index (κ2) is 6.36. The van der Waals surface area contributed by atoms with Crippen LogP contribution in [0.3, 0.4) is 0 Å². The smallest absolute Gasteiger partial charge is 0.262 e. The van der Waals surface area contributed by atoms with E-state index in [1.807, 2.05) is 59.3 Å². The first kappa shape index (κ1) is 15.9. The van der Waals surface area contributed by atoms with E-state index in [-0.39, 0.29) is 5.91 Å². The Morgan fingerprint density at radius 2 is 2.04 bits per heavy atom. The molecule has 1 aromatic carbocycles. The molecule has 0 radical (unpaired) electrons. The summed E-state index contributed by atoms with van der Waals surface area (Å²) in [6.07, 6.45) is 5.53. The van der Waals surface area contributed by atoms with E-state index in [0.29, 0.717) is 17.1 Å². The van der Waals surface area contributed by atoms with Crippen LogP contribution in [-0.4, -0.2) is 32.2 Å². The first-order valence-corrected chi connectivity index (χ1v) is 8.07. The summed E-state index contributed by atoms with van der Waals surface area (Å²) < 4.78 is 8.65. The Kier molecular flexibility index (Phi) is 3.89. The highest BCUT2D eigenvalue weighted by Gasteiger charge is 2.16. The normalized spacial score (nSPS) is 10.8. The number of benzene rings is 1. The zero-order chi connectivity index (χ0) is 18.1. The van der Waals surface area contributed by atoms with Crippen molar-refractivity contribution in [3.63, 3.8) is 0 Å². The predicted molar refractivity (Wildman–Crippen MR) is 98.3 cm³/mol. The third kappa shape index (κ3) is 2.90. The lowest BCUT2D eigenvalue weighted by atomic mass is 10.1. The number of imidazole rings is 1. The van der Waals surface area contributed by atoms with Crippen molar-refractivity contribution in [2.75, 3.05) is 12.4 Å². The quantitative estimate of drug-likeness (QED) is 0.616. The standard InChI is InChI=1S/C19H17N5O2/c1-23-11-15(19(22-23)26-2)18(25)20-14-7-5-6-13(10-14)16-12-24-9-4-3-8-17(24)21-16/h3-12H,1-2H3,(H,20,25). The van der Waals surface area contributed by atoms with Crippen LogP contribution in [0.15, 0.2) is 61.1 Å². The van der Waals surface area contributed by atoms with Gasteiger partial charge in [-0.3, -0.25) is 9.48 Å².